The summed E-state index contributed by atoms with van der Waals surface area (Å²) in [6, 6.07) is 11.0. The van der Waals surface area contributed by atoms with E-state index in [1.54, 1.807) is 0 Å². The van der Waals surface area contributed by atoms with Crippen molar-refractivity contribution in [3.63, 3.8) is 0 Å². The molecule has 0 heterocycles. The van der Waals surface area contributed by atoms with Crippen LogP contribution in [-0.4, -0.2) is 7.05 Å². The standard InChI is InChI=1S/C16H16Br3N/c1-9-4-5-11(7-13(9)17)16(20-3)12-8-14(18)10(2)6-15(12)19/h4-8,16,20H,1-3H3. The second-order valence-corrected chi connectivity index (χ2v) is 7.42. The first-order valence-corrected chi connectivity index (χ1v) is 8.70. The number of halogens is 3. The second-order valence-electron chi connectivity index (χ2n) is 4.85. The van der Waals surface area contributed by atoms with Gasteiger partial charge in [0, 0.05) is 13.4 Å². The van der Waals surface area contributed by atoms with Crippen LogP contribution in [0.15, 0.2) is 43.7 Å². The Labute approximate surface area is 145 Å². The van der Waals surface area contributed by atoms with Crippen molar-refractivity contribution in [2.24, 2.45) is 0 Å². The molecule has 1 unspecified atom stereocenters. The van der Waals surface area contributed by atoms with Gasteiger partial charge in [-0.3, -0.25) is 0 Å². The predicted octanol–water partition coefficient (Wildman–Crippen LogP) is 5.90. The van der Waals surface area contributed by atoms with Crippen molar-refractivity contribution in [1.82, 2.24) is 5.32 Å². The van der Waals surface area contributed by atoms with Crippen LogP contribution in [0.3, 0.4) is 0 Å². The van der Waals surface area contributed by atoms with E-state index in [0.29, 0.717) is 0 Å². The molecule has 2 aromatic carbocycles. The molecule has 2 rings (SSSR count). The Kier molecular flexibility index (Phi) is 5.46. The largest absolute Gasteiger partial charge is 0.309 e. The number of nitrogens with one attached hydrogen (secondary N) is 1. The maximum absolute atomic E-state index is 3.68. The fourth-order valence-corrected chi connectivity index (χ4v) is 3.62. The van der Waals surface area contributed by atoms with Crippen molar-refractivity contribution >= 4 is 47.8 Å². The van der Waals surface area contributed by atoms with E-state index in [-0.39, 0.29) is 6.04 Å². The molecular weight excluding hydrogens is 446 g/mol. The van der Waals surface area contributed by atoms with Gasteiger partial charge in [0.25, 0.3) is 0 Å². The van der Waals surface area contributed by atoms with E-state index in [1.165, 1.54) is 22.3 Å². The summed E-state index contributed by atoms with van der Waals surface area (Å²) in [6.45, 7) is 4.19. The zero-order chi connectivity index (χ0) is 14.9. The first-order valence-electron chi connectivity index (χ1n) is 6.33. The Morgan fingerprint density at radius 1 is 0.850 bits per heavy atom. The van der Waals surface area contributed by atoms with Crippen molar-refractivity contribution in [1.29, 1.82) is 0 Å². The van der Waals surface area contributed by atoms with E-state index in [4.69, 9.17) is 0 Å². The SMILES string of the molecule is CNC(c1ccc(C)c(Br)c1)c1cc(Br)c(C)cc1Br. The van der Waals surface area contributed by atoms with Gasteiger partial charge in [-0.05, 0) is 61.3 Å². The van der Waals surface area contributed by atoms with Gasteiger partial charge in [0.05, 0.1) is 6.04 Å². The minimum absolute atomic E-state index is 0.151. The molecule has 0 aromatic heterocycles. The second kappa shape index (κ2) is 6.73. The summed E-state index contributed by atoms with van der Waals surface area (Å²) in [7, 11) is 1.98. The van der Waals surface area contributed by atoms with E-state index >= 15 is 0 Å². The number of hydrogen-bond donors (Lipinski definition) is 1. The number of rotatable bonds is 3. The van der Waals surface area contributed by atoms with Crippen LogP contribution in [0.25, 0.3) is 0 Å². The smallest absolute Gasteiger partial charge is 0.0586 e. The molecule has 0 fully saturated rings. The van der Waals surface area contributed by atoms with Gasteiger partial charge in [0.2, 0.25) is 0 Å². The molecule has 0 amide bonds. The van der Waals surface area contributed by atoms with Crippen LogP contribution >= 0.6 is 47.8 Å². The average molecular weight is 462 g/mol. The van der Waals surface area contributed by atoms with Crippen LogP contribution in [0.2, 0.25) is 0 Å². The monoisotopic (exact) mass is 459 g/mol. The first-order chi connectivity index (χ1) is 9.43. The highest BCUT2D eigenvalue weighted by Gasteiger charge is 2.17. The molecule has 0 bridgehead atoms. The summed E-state index contributed by atoms with van der Waals surface area (Å²) < 4.78 is 3.38. The molecule has 106 valence electrons. The van der Waals surface area contributed by atoms with Gasteiger partial charge in [-0.15, -0.1) is 0 Å². The van der Waals surface area contributed by atoms with Crippen molar-refractivity contribution in [2.45, 2.75) is 19.9 Å². The molecule has 1 atom stereocenters. The van der Waals surface area contributed by atoms with Gasteiger partial charge in [-0.1, -0.05) is 59.9 Å². The van der Waals surface area contributed by atoms with Crippen LogP contribution in [0, 0.1) is 13.8 Å². The highest BCUT2D eigenvalue weighted by Crippen LogP contribution is 2.34. The molecule has 2 aromatic rings. The summed E-state index contributed by atoms with van der Waals surface area (Å²) in [5, 5.41) is 3.40. The zero-order valence-corrected chi connectivity index (χ0v) is 16.4. The lowest BCUT2D eigenvalue weighted by Crippen LogP contribution is -2.18. The van der Waals surface area contributed by atoms with E-state index in [9.17, 15) is 0 Å². The Morgan fingerprint density at radius 3 is 2.10 bits per heavy atom. The summed E-state index contributed by atoms with van der Waals surface area (Å²) in [6.07, 6.45) is 0. The summed E-state index contributed by atoms with van der Waals surface area (Å²) >= 11 is 10.9. The average Bonchev–Trinajstić information content (AvgIpc) is 2.40. The van der Waals surface area contributed by atoms with Gasteiger partial charge in [-0.2, -0.15) is 0 Å². The third-order valence-corrected chi connectivity index (χ3v) is 5.80. The maximum Gasteiger partial charge on any atom is 0.0586 e. The Hall–Kier alpha value is -0.160. The Morgan fingerprint density at radius 2 is 1.50 bits per heavy atom. The first kappa shape index (κ1) is 16.2. The van der Waals surface area contributed by atoms with Gasteiger partial charge in [0.15, 0.2) is 0 Å². The molecule has 0 saturated carbocycles. The minimum atomic E-state index is 0.151. The van der Waals surface area contributed by atoms with Crippen molar-refractivity contribution < 1.29 is 0 Å². The zero-order valence-electron chi connectivity index (χ0n) is 11.6. The molecule has 0 spiro atoms. The highest BCUT2D eigenvalue weighted by molar-refractivity contribution is 9.11. The summed E-state index contributed by atoms with van der Waals surface area (Å²) in [5.41, 5.74) is 4.93. The van der Waals surface area contributed by atoms with Crippen LogP contribution in [0.1, 0.15) is 28.3 Å². The lowest BCUT2D eigenvalue weighted by Gasteiger charge is -2.20. The summed E-state index contributed by atoms with van der Waals surface area (Å²) in [5.74, 6) is 0. The van der Waals surface area contributed by atoms with Gasteiger partial charge in [-0.25, -0.2) is 0 Å². The third kappa shape index (κ3) is 3.35. The van der Waals surface area contributed by atoms with E-state index in [2.05, 4.69) is 97.3 Å². The molecular formula is C16H16Br3N. The molecule has 1 nitrogen and oxygen atoms in total. The number of benzene rings is 2. The molecule has 0 saturated heterocycles. The minimum Gasteiger partial charge on any atom is -0.309 e. The fraction of sp³-hybridized carbons (Fsp3) is 0.250. The normalized spacial score (nSPS) is 12.5. The summed E-state index contributed by atoms with van der Waals surface area (Å²) in [4.78, 5) is 0. The van der Waals surface area contributed by atoms with Gasteiger partial charge >= 0.3 is 0 Å². The molecule has 0 aliphatic carbocycles. The predicted molar refractivity (Wildman–Crippen MR) is 96.4 cm³/mol. The highest BCUT2D eigenvalue weighted by atomic mass is 79.9. The quantitative estimate of drug-likeness (QED) is 0.600. The molecule has 0 aliphatic rings. The molecule has 4 heteroatoms. The van der Waals surface area contributed by atoms with Gasteiger partial charge < -0.3 is 5.32 Å². The third-order valence-electron chi connectivity index (χ3n) is 3.41. The van der Waals surface area contributed by atoms with Crippen LogP contribution in [0.4, 0.5) is 0 Å². The van der Waals surface area contributed by atoms with Crippen LogP contribution in [-0.2, 0) is 0 Å². The van der Waals surface area contributed by atoms with Crippen molar-refractivity contribution in [3.8, 4) is 0 Å². The van der Waals surface area contributed by atoms with E-state index in [0.717, 1.165) is 13.4 Å². The fourth-order valence-electron chi connectivity index (χ4n) is 2.17. The maximum atomic E-state index is 3.68. The van der Waals surface area contributed by atoms with E-state index in [1.807, 2.05) is 7.05 Å². The lowest BCUT2D eigenvalue weighted by atomic mass is 9.97. The molecule has 0 radical (unpaired) electrons. The van der Waals surface area contributed by atoms with Crippen molar-refractivity contribution in [2.75, 3.05) is 7.05 Å². The van der Waals surface area contributed by atoms with Crippen LogP contribution < -0.4 is 5.32 Å². The Balaban J connectivity index is 2.52. The molecule has 20 heavy (non-hydrogen) atoms. The topological polar surface area (TPSA) is 12.0 Å². The Bertz CT molecular complexity index is 638. The molecule has 1 N–H and O–H groups in total. The van der Waals surface area contributed by atoms with Crippen LogP contribution in [0.5, 0.6) is 0 Å². The van der Waals surface area contributed by atoms with E-state index < -0.39 is 0 Å². The number of aryl methyl sites for hydroxylation is 2. The lowest BCUT2D eigenvalue weighted by molar-refractivity contribution is 0.687. The molecule has 0 aliphatic heterocycles. The van der Waals surface area contributed by atoms with Crippen molar-refractivity contribution in [3.05, 3.63) is 66.0 Å². The number of hydrogen-bond acceptors (Lipinski definition) is 1. The van der Waals surface area contributed by atoms with Gasteiger partial charge in [0.1, 0.15) is 0 Å².